The molecular formula is C11H15N3S. The van der Waals surface area contributed by atoms with Gasteiger partial charge in [-0.05, 0) is 30.6 Å². The standard InChI is InChI=1S/C11H15N3S/c1-12-11(15)14-13-9-5-8-10-6-3-2-4-7-10/h2-4,6-7,9H,5,8H2,1H3,(H2,12,14,15)/b13-9-. The van der Waals surface area contributed by atoms with Gasteiger partial charge < -0.3 is 5.32 Å². The van der Waals surface area contributed by atoms with E-state index >= 15 is 0 Å². The zero-order valence-corrected chi connectivity index (χ0v) is 9.55. The maximum Gasteiger partial charge on any atom is 0.186 e. The van der Waals surface area contributed by atoms with Crippen molar-refractivity contribution in [3.05, 3.63) is 35.9 Å². The summed E-state index contributed by atoms with van der Waals surface area (Å²) in [6.07, 6.45) is 3.73. The molecule has 0 saturated heterocycles. The first-order valence-electron chi connectivity index (χ1n) is 4.86. The Morgan fingerprint density at radius 1 is 1.40 bits per heavy atom. The Bertz CT molecular complexity index is 322. The van der Waals surface area contributed by atoms with Crippen LogP contribution in [0.25, 0.3) is 0 Å². The van der Waals surface area contributed by atoms with Gasteiger partial charge in [-0.1, -0.05) is 30.3 Å². The van der Waals surface area contributed by atoms with Crippen LogP contribution in [0.2, 0.25) is 0 Å². The van der Waals surface area contributed by atoms with Crippen LogP contribution in [0, 0.1) is 0 Å². The van der Waals surface area contributed by atoms with E-state index in [0.29, 0.717) is 5.11 Å². The normalized spacial score (nSPS) is 10.2. The lowest BCUT2D eigenvalue weighted by molar-refractivity contribution is 0.960. The lowest BCUT2D eigenvalue weighted by Gasteiger charge is -1.99. The molecule has 0 atom stereocenters. The number of thiocarbonyl (C=S) groups is 1. The van der Waals surface area contributed by atoms with Crippen LogP contribution in [0.1, 0.15) is 12.0 Å². The first kappa shape index (κ1) is 11.7. The summed E-state index contributed by atoms with van der Waals surface area (Å²) in [4.78, 5) is 0. The van der Waals surface area contributed by atoms with Gasteiger partial charge in [-0.15, -0.1) is 0 Å². The van der Waals surface area contributed by atoms with E-state index in [1.54, 1.807) is 7.05 Å². The summed E-state index contributed by atoms with van der Waals surface area (Å²) in [5.41, 5.74) is 4.03. The molecule has 2 N–H and O–H groups in total. The molecule has 0 heterocycles. The van der Waals surface area contributed by atoms with E-state index in [4.69, 9.17) is 12.2 Å². The van der Waals surface area contributed by atoms with Gasteiger partial charge in [-0.3, -0.25) is 5.43 Å². The van der Waals surface area contributed by atoms with Gasteiger partial charge >= 0.3 is 0 Å². The molecule has 15 heavy (non-hydrogen) atoms. The van der Waals surface area contributed by atoms with Crippen molar-refractivity contribution in [3.8, 4) is 0 Å². The molecule has 0 aliphatic rings. The second-order valence-corrected chi connectivity index (χ2v) is 3.44. The van der Waals surface area contributed by atoms with Crippen molar-refractivity contribution >= 4 is 23.5 Å². The zero-order valence-electron chi connectivity index (χ0n) is 8.73. The summed E-state index contributed by atoms with van der Waals surface area (Å²) in [6.45, 7) is 0. The number of rotatable bonds is 4. The van der Waals surface area contributed by atoms with E-state index in [1.807, 2.05) is 24.4 Å². The topological polar surface area (TPSA) is 36.4 Å². The summed E-state index contributed by atoms with van der Waals surface area (Å²) in [7, 11) is 1.76. The van der Waals surface area contributed by atoms with E-state index in [2.05, 4.69) is 28.0 Å². The summed E-state index contributed by atoms with van der Waals surface area (Å²) in [6, 6.07) is 10.3. The lowest BCUT2D eigenvalue weighted by Crippen LogP contribution is -2.28. The van der Waals surface area contributed by atoms with Gasteiger partial charge in [0, 0.05) is 13.3 Å². The number of hydrogen-bond donors (Lipinski definition) is 2. The van der Waals surface area contributed by atoms with Gasteiger partial charge in [0.15, 0.2) is 5.11 Å². The van der Waals surface area contributed by atoms with E-state index in [9.17, 15) is 0 Å². The molecule has 1 rings (SSSR count). The summed E-state index contributed by atoms with van der Waals surface area (Å²) < 4.78 is 0. The van der Waals surface area contributed by atoms with E-state index in [-0.39, 0.29) is 0 Å². The molecule has 0 radical (unpaired) electrons. The largest absolute Gasteiger partial charge is 0.364 e. The second kappa shape index (κ2) is 6.95. The quantitative estimate of drug-likeness (QED) is 0.461. The van der Waals surface area contributed by atoms with Gasteiger partial charge in [0.2, 0.25) is 0 Å². The van der Waals surface area contributed by atoms with Crippen LogP contribution in [-0.2, 0) is 6.42 Å². The molecule has 1 aromatic carbocycles. The van der Waals surface area contributed by atoms with Gasteiger partial charge in [-0.25, -0.2) is 0 Å². The highest BCUT2D eigenvalue weighted by Crippen LogP contribution is 2.00. The molecule has 0 fully saturated rings. The molecule has 1 aromatic rings. The molecule has 0 spiro atoms. The maximum atomic E-state index is 4.86. The molecule has 0 bridgehead atoms. The molecule has 80 valence electrons. The first-order chi connectivity index (χ1) is 7.33. The van der Waals surface area contributed by atoms with Crippen LogP contribution < -0.4 is 10.7 Å². The first-order valence-corrected chi connectivity index (χ1v) is 5.27. The Morgan fingerprint density at radius 2 is 2.13 bits per heavy atom. The Morgan fingerprint density at radius 3 is 2.80 bits per heavy atom. The Labute approximate surface area is 95.6 Å². The molecular weight excluding hydrogens is 206 g/mol. The van der Waals surface area contributed by atoms with Crippen molar-refractivity contribution in [1.29, 1.82) is 0 Å². The third kappa shape index (κ3) is 5.12. The molecule has 0 saturated carbocycles. The van der Waals surface area contributed by atoms with Gasteiger partial charge in [0.05, 0.1) is 0 Å². The predicted octanol–water partition coefficient (Wildman–Crippen LogP) is 1.70. The highest BCUT2D eigenvalue weighted by Gasteiger charge is 1.89. The molecule has 0 amide bonds. The van der Waals surface area contributed by atoms with Crippen molar-refractivity contribution < 1.29 is 0 Å². The number of hydrogen-bond acceptors (Lipinski definition) is 2. The fourth-order valence-electron chi connectivity index (χ4n) is 1.10. The Balaban J connectivity index is 2.19. The molecule has 0 aliphatic carbocycles. The Hall–Kier alpha value is -1.42. The van der Waals surface area contributed by atoms with E-state index in [0.717, 1.165) is 12.8 Å². The highest BCUT2D eigenvalue weighted by molar-refractivity contribution is 7.80. The molecule has 0 aromatic heterocycles. The third-order valence-electron chi connectivity index (χ3n) is 1.89. The van der Waals surface area contributed by atoms with Crippen LogP contribution in [-0.4, -0.2) is 18.4 Å². The molecule has 3 nitrogen and oxygen atoms in total. The van der Waals surface area contributed by atoms with Crippen molar-refractivity contribution in [2.45, 2.75) is 12.8 Å². The van der Waals surface area contributed by atoms with Crippen LogP contribution in [0.3, 0.4) is 0 Å². The van der Waals surface area contributed by atoms with Gasteiger partial charge in [0.25, 0.3) is 0 Å². The van der Waals surface area contributed by atoms with Crippen molar-refractivity contribution in [1.82, 2.24) is 10.7 Å². The monoisotopic (exact) mass is 221 g/mol. The van der Waals surface area contributed by atoms with E-state index < -0.39 is 0 Å². The predicted molar refractivity (Wildman–Crippen MR) is 68.0 cm³/mol. The summed E-state index contributed by atoms with van der Waals surface area (Å²) in [5, 5.41) is 7.29. The second-order valence-electron chi connectivity index (χ2n) is 3.03. The number of aryl methyl sites for hydroxylation is 1. The van der Waals surface area contributed by atoms with Gasteiger partial charge in [0.1, 0.15) is 0 Å². The minimum absolute atomic E-state index is 0.533. The average molecular weight is 221 g/mol. The number of nitrogens with zero attached hydrogens (tertiary/aromatic N) is 1. The zero-order chi connectivity index (χ0) is 10.9. The van der Waals surface area contributed by atoms with E-state index in [1.165, 1.54) is 5.56 Å². The lowest BCUT2D eigenvalue weighted by atomic mass is 10.1. The van der Waals surface area contributed by atoms with Crippen LogP contribution in [0.5, 0.6) is 0 Å². The summed E-state index contributed by atoms with van der Waals surface area (Å²) in [5.74, 6) is 0. The Kier molecular flexibility index (Phi) is 5.40. The molecule has 0 unspecified atom stereocenters. The molecule has 0 aliphatic heterocycles. The van der Waals surface area contributed by atoms with Crippen molar-refractivity contribution in [2.24, 2.45) is 5.10 Å². The number of hydrazone groups is 1. The van der Waals surface area contributed by atoms with Crippen molar-refractivity contribution in [2.75, 3.05) is 7.05 Å². The molecule has 4 heteroatoms. The fraction of sp³-hybridized carbons (Fsp3) is 0.273. The smallest absolute Gasteiger partial charge is 0.186 e. The highest BCUT2D eigenvalue weighted by atomic mass is 32.1. The fourth-order valence-corrected chi connectivity index (χ4v) is 1.15. The number of benzene rings is 1. The SMILES string of the molecule is CNC(=S)N/N=C\CCc1ccccc1. The van der Waals surface area contributed by atoms with Crippen LogP contribution in [0.15, 0.2) is 35.4 Å². The third-order valence-corrected chi connectivity index (χ3v) is 2.18. The van der Waals surface area contributed by atoms with Gasteiger partial charge in [-0.2, -0.15) is 5.10 Å². The number of nitrogens with one attached hydrogen (secondary N) is 2. The minimum atomic E-state index is 0.533. The maximum absolute atomic E-state index is 4.86. The van der Waals surface area contributed by atoms with Crippen molar-refractivity contribution in [3.63, 3.8) is 0 Å². The average Bonchev–Trinajstić information content (AvgIpc) is 2.29. The van der Waals surface area contributed by atoms with Crippen LogP contribution in [0.4, 0.5) is 0 Å². The minimum Gasteiger partial charge on any atom is -0.364 e. The van der Waals surface area contributed by atoms with Crippen LogP contribution >= 0.6 is 12.2 Å². The summed E-state index contributed by atoms with van der Waals surface area (Å²) >= 11 is 4.86.